The fourth-order valence-corrected chi connectivity index (χ4v) is 1.55. The fourth-order valence-electron chi connectivity index (χ4n) is 1.55. The van der Waals surface area contributed by atoms with Gasteiger partial charge in [-0.2, -0.15) is 4.98 Å². The number of ether oxygens (including phenoxy) is 1. The Morgan fingerprint density at radius 1 is 1.11 bits per heavy atom. The molecule has 0 unspecified atom stereocenters. The van der Waals surface area contributed by atoms with Gasteiger partial charge in [-0.25, -0.2) is 4.98 Å². The summed E-state index contributed by atoms with van der Waals surface area (Å²) in [6, 6.07) is 11.7. The molecule has 0 radical (unpaired) electrons. The van der Waals surface area contributed by atoms with Gasteiger partial charge in [-0.15, -0.1) is 0 Å². The molecule has 18 heavy (non-hydrogen) atoms. The number of rotatable bonds is 4. The smallest absolute Gasteiger partial charge is 0.230 e. The third kappa shape index (κ3) is 2.97. The second-order valence-electron chi connectivity index (χ2n) is 4.30. The van der Waals surface area contributed by atoms with E-state index in [9.17, 15) is 0 Å². The second kappa shape index (κ2) is 5.49. The zero-order chi connectivity index (χ0) is 13.0. The van der Waals surface area contributed by atoms with Gasteiger partial charge in [-0.05, 0) is 18.1 Å². The number of para-hydroxylation sites is 1. The monoisotopic (exact) mass is 243 g/mol. The van der Waals surface area contributed by atoms with Gasteiger partial charge < -0.3 is 10.1 Å². The highest BCUT2D eigenvalue weighted by Gasteiger charge is 2.08. The third-order valence-corrected chi connectivity index (χ3v) is 2.55. The van der Waals surface area contributed by atoms with E-state index in [0.29, 0.717) is 17.7 Å². The molecule has 0 saturated carbocycles. The van der Waals surface area contributed by atoms with Crippen LogP contribution in [0, 0.1) is 0 Å². The quantitative estimate of drug-likeness (QED) is 0.894. The lowest BCUT2D eigenvalue weighted by Gasteiger charge is -2.10. The predicted molar refractivity (Wildman–Crippen MR) is 72.4 cm³/mol. The van der Waals surface area contributed by atoms with Gasteiger partial charge in [0.15, 0.2) is 0 Å². The topological polar surface area (TPSA) is 47.0 Å². The number of methoxy groups -OCH3 is 1. The van der Waals surface area contributed by atoms with Crippen molar-refractivity contribution in [1.82, 2.24) is 9.97 Å². The van der Waals surface area contributed by atoms with Crippen LogP contribution >= 0.6 is 0 Å². The summed E-state index contributed by atoms with van der Waals surface area (Å²) >= 11 is 0. The normalized spacial score (nSPS) is 10.4. The maximum atomic E-state index is 5.19. The van der Waals surface area contributed by atoms with Gasteiger partial charge in [-0.3, -0.25) is 0 Å². The maximum Gasteiger partial charge on any atom is 0.230 e. The van der Waals surface area contributed by atoms with Gasteiger partial charge in [0.2, 0.25) is 11.8 Å². The highest BCUT2D eigenvalue weighted by atomic mass is 16.5. The minimum absolute atomic E-state index is 0.332. The molecule has 0 spiro atoms. The van der Waals surface area contributed by atoms with E-state index < -0.39 is 0 Å². The molecule has 1 heterocycles. The zero-order valence-corrected chi connectivity index (χ0v) is 10.8. The first-order valence-electron chi connectivity index (χ1n) is 5.94. The Morgan fingerprint density at radius 2 is 1.83 bits per heavy atom. The van der Waals surface area contributed by atoms with Crippen LogP contribution < -0.4 is 10.1 Å². The Morgan fingerprint density at radius 3 is 2.44 bits per heavy atom. The summed E-state index contributed by atoms with van der Waals surface area (Å²) in [4.78, 5) is 8.76. The van der Waals surface area contributed by atoms with Crippen LogP contribution in [-0.2, 0) is 0 Å². The molecule has 0 aliphatic heterocycles. The molecular formula is C14H17N3O. The molecule has 0 aliphatic rings. The van der Waals surface area contributed by atoms with Crippen molar-refractivity contribution in [2.75, 3.05) is 12.4 Å². The Labute approximate surface area is 107 Å². The van der Waals surface area contributed by atoms with Gasteiger partial charge in [0.25, 0.3) is 0 Å². The molecule has 0 bridgehead atoms. The molecule has 2 rings (SSSR count). The summed E-state index contributed by atoms with van der Waals surface area (Å²) in [5.41, 5.74) is 1.92. The fraction of sp³-hybridized carbons (Fsp3) is 0.286. The van der Waals surface area contributed by atoms with E-state index in [2.05, 4.69) is 29.1 Å². The number of nitrogens with one attached hydrogen (secondary N) is 1. The van der Waals surface area contributed by atoms with Crippen LogP contribution in [0.4, 0.5) is 11.6 Å². The minimum Gasteiger partial charge on any atom is -0.481 e. The molecular weight excluding hydrogens is 226 g/mol. The van der Waals surface area contributed by atoms with Crippen molar-refractivity contribution in [1.29, 1.82) is 0 Å². The van der Waals surface area contributed by atoms with Crippen LogP contribution in [0.3, 0.4) is 0 Å². The number of benzene rings is 1. The van der Waals surface area contributed by atoms with Gasteiger partial charge in [0.05, 0.1) is 12.8 Å². The van der Waals surface area contributed by atoms with E-state index in [0.717, 1.165) is 11.4 Å². The zero-order valence-electron chi connectivity index (χ0n) is 10.8. The average Bonchev–Trinajstić information content (AvgIpc) is 2.39. The number of hydrogen-bond donors (Lipinski definition) is 1. The maximum absolute atomic E-state index is 5.19. The van der Waals surface area contributed by atoms with E-state index in [4.69, 9.17) is 4.74 Å². The van der Waals surface area contributed by atoms with Crippen LogP contribution in [0.5, 0.6) is 5.88 Å². The summed E-state index contributed by atoms with van der Waals surface area (Å²) in [5.74, 6) is 1.47. The lowest BCUT2D eigenvalue weighted by Crippen LogP contribution is -2.03. The first-order chi connectivity index (χ1) is 8.69. The number of hydrogen-bond acceptors (Lipinski definition) is 4. The first-order valence-corrected chi connectivity index (χ1v) is 5.94. The van der Waals surface area contributed by atoms with Crippen molar-refractivity contribution in [3.63, 3.8) is 0 Å². The average molecular weight is 243 g/mol. The number of nitrogens with zero attached hydrogens (tertiary/aromatic N) is 2. The van der Waals surface area contributed by atoms with Crippen LogP contribution in [-0.4, -0.2) is 17.1 Å². The molecule has 0 amide bonds. The lowest BCUT2D eigenvalue weighted by molar-refractivity contribution is 0.396. The second-order valence-corrected chi connectivity index (χ2v) is 4.30. The van der Waals surface area contributed by atoms with Crippen molar-refractivity contribution in [2.45, 2.75) is 19.8 Å². The highest BCUT2D eigenvalue weighted by molar-refractivity contribution is 5.53. The largest absolute Gasteiger partial charge is 0.481 e. The first kappa shape index (κ1) is 12.4. The predicted octanol–water partition coefficient (Wildman–Crippen LogP) is 3.35. The van der Waals surface area contributed by atoms with E-state index in [1.165, 1.54) is 0 Å². The SMILES string of the molecule is COc1cc(C(C)C)nc(Nc2ccccc2)n1. The molecule has 1 aromatic carbocycles. The van der Waals surface area contributed by atoms with Crippen LogP contribution in [0.25, 0.3) is 0 Å². The third-order valence-electron chi connectivity index (χ3n) is 2.55. The van der Waals surface area contributed by atoms with Gasteiger partial charge in [0.1, 0.15) is 0 Å². The molecule has 4 nitrogen and oxygen atoms in total. The Bertz CT molecular complexity index is 512. The summed E-state index contributed by atoms with van der Waals surface area (Å²) < 4.78 is 5.19. The van der Waals surface area contributed by atoms with Crippen LogP contribution in [0.1, 0.15) is 25.5 Å². The molecule has 4 heteroatoms. The molecule has 1 N–H and O–H groups in total. The minimum atomic E-state index is 0.332. The number of aromatic nitrogens is 2. The molecule has 0 aliphatic carbocycles. The van der Waals surface area contributed by atoms with Crippen molar-refractivity contribution < 1.29 is 4.74 Å². The van der Waals surface area contributed by atoms with E-state index >= 15 is 0 Å². The summed E-state index contributed by atoms with van der Waals surface area (Å²) in [6.45, 7) is 4.18. The molecule has 0 atom stereocenters. The molecule has 0 fully saturated rings. The molecule has 94 valence electrons. The van der Waals surface area contributed by atoms with E-state index in [1.807, 2.05) is 36.4 Å². The van der Waals surface area contributed by atoms with Crippen molar-refractivity contribution in [3.05, 3.63) is 42.1 Å². The van der Waals surface area contributed by atoms with Crippen molar-refractivity contribution in [3.8, 4) is 5.88 Å². The van der Waals surface area contributed by atoms with Crippen molar-refractivity contribution >= 4 is 11.6 Å². The lowest BCUT2D eigenvalue weighted by atomic mass is 10.1. The molecule has 0 saturated heterocycles. The van der Waals surface area contributed by atoms with Gasteiger partial charge in [0, 0.05) is 11.8 Å². The van der Waals surface area contributed by atoms with E-state index in [-0.39, 0.29) is 0 Å². The number of anilines is 2. The van der Waals surface area contributed by atoms with Crippen LogP contribution in [0.2, 0.25) is 0 Å². The molecule has 2 aromatic rings. The molecule has 1 aromatic heterocycles. The standard InChI is InChI=1S/C14H17N3O/c1-10(2)12-9-13(18-3)17-14(16-12)15-11-7-5-4-6-8-11/h4-10H,1-3H3,(H,15,16,17). The summed E-state index contributed by atoms with van der Waals surface area (Å²) in [5, 5.41) is 3.17. The Kier molecular flexibility index (Phi) is 3.77. The van der Waals surface area contributed by atoms with Crippen LogP contribution in [0.15, 0.2) is 36.4 Å². The Balaban J connectivity index is 2.30. The van der Waals surface area contributed by atoms with Gasteiger partial charge in [-0.1, -0.05) is 32.0 Å². The van der Waals surface area contributed by atoms with Crippen molar-refractivity contribution in [2.24, 2.45) is 0 Å². The summed E-state index contributed by atoms with van der Waals surface area (Å²) in [7, 11) is 1.61. The summed E-state index contributed by atoms with van der Waals surface area (Å²) in [6.07, 6.45) is 0. The van der Waals surface area contributed by atoms with E-state index in [1.54, 1.807) is 7.11 Å². The highest BCUT2D eigenvalue weighted by Crippen LogP contribution is 2.20. The van der Waals surface area contributed by atoms with Gasteiger partial charge >= 0.3 is 0 Å². The Hall–Kier alpha value is -2.10.